The van der Waals surface area contributed by atoms with Gasteiger partial charge in [-0.15, -0.1) is 0 Å². The Hall–Kier alpha value is -1.54. The Morgan fingerprint density at radius 3 is 2.46 bits per heavy atom. The predicted molar refractivity (Wildman–Crippen MR) is 80.8 cm³/mol. The molecule has 4 nitrogen and oxygen atoms in total. The molecule has 1 atom stereocenters. The van der Waals surface area contributed by atoms with Gasteiger partial charge in [0.1, 0.15) is 5.75 Å². The zero-order valence-electron chi connectivity index (χ0n) is 12.9. The van der Waals surface area contributed by atoms with Crippen LogP contribution in [-0.4, -0.2) is 61.3 Å². The first kappa shape index (κ1) is 18.8. The molecule has 9 heteroatoms. The van der Waals surface area contributed by atoms with Gasteiger partial charge in [0.15, 0.2) is 0 Å². The van der Waals surface area contributed by atoms with E-state index in [0.717, 1.165) is 10.5 Å². The number of amides is 1. The molecule has 1 aliphatic heterocycles. The van der Waals surface area contributed by atoms with Gasteiger partial charge in [-0.05, 0) is 18.2 Å². The maximum Gasteiger partial charge on any atom is 0.428 e. The number of alkyl halides is 4. The average molecular weight is 369 g/mol. The van der Waals surface area contributed by atoms with Crippen molar-refractivity contribution in [3.05, 3.63) is 28.8 Å². The normalized spacial score (nSPS) is 17.7. The number of piperazine rings is 1. The SMILES string of the molecule is COc1ccc(Cl)cc1CN1CCN(C(=O)[C@H](F)C(F)(F)F)CC1. The molecule has 0 saturated carbocycles. The summed E-state index contributed by atoms with van der Waals surface area (Å²) in [6.07, 6.45) is -8.63. The van der Waals surface area contributed by atoms with Gasteiger partial charge in [0, 0.05) is 43.3 Å². The third-order valence-corrected chi connectivity index (χ3v) is 4.06. The zero-order chi connectivity index (χ0) is 17.9. The summed E-state index contributed by atoms with van der Waals surface area (Å²) in [5.41, 5.74) is 0.837. The lowest BCUT2D eigenvalue weighted by molar-refractivity contribution is -0.193. The molecule has 1 aromatic carbocycles. The summed E-state index contributed by atoms with van der Waals surface area (Å²) in [4.78, 5) is 14.4. The van der Waals surface area contributed by atoms with Gasteiger partial charge in [-0.3, -0.25) is 9.69 Å². The van der Waals surface area contributed by atoms with Crippen LogP contribution in [0.3, 0.4) is 0 Å². The van der Waals surface area contributed by atoms with E-state index in [4.69, 9.17) is 16.3 Å². The lowest BCUT2D eigenvalue weighted by Gasteiger charge is -2.35. The second-order valence-corrected chi connectivity index (χ2v) is 5.90. The minimum Gasteiger partial charge on any atom is -0.496 e. The predicted octanol–water partition coefficient (Wildman–Crippen LogP) is 2.89. The fourth-order valence-corrected chi connectivity index (χ4v) is 2.73. The van der Waals surface area contributed by atoms with Crippen molar-refractivity contribution in [2.24, 2.45) is 0 Å². The molecule has 0 aliphatic carbocycles. The van der Waals surface area contributed by atoms with Gasteiger partial charge in [-0.25, -0.2) is 4.39 Å². The number of carbonyl (C=O) groups is 1. The van der Waals surface area contributed by atoms with E-state index in [1.165, 1.54) is 7.11 Å². The Bertz CT molecular complexity index is 589. The van der Waals surface area contributed by atoms with Crippen molar-refractivity contribution in [3.63, 3.8) is 0 Å². The van der Waals surface area contributed by atoms with Crippen LogP contribution in [0.5, 0.6) is 5.75 Å². The molecule has 1 aliphatic rings. The fourth-order valence-electron chi connectivity index (χ4n) is 2.54. The molecule has 0 radical (unpaired) electrons. The minimum atomic E-state index is -5.16. The number of methoxy groups -OCH3 is 1. The topological polar surface area (TPSA) is 32.8 Å². The Kier molecular flexibility index (Phi) is 5.92. The molecule has 1 amide bonds. The molecule has 1 heterocycles. The van der Waals surface area contributed by atoms with E-state index in [-0.39, 0.29) is 13.1 Å². The number of hydrogen-bond donors (Lipinski definition) is 0. The molecule has 24 heavy (non-hydrogen) atoms. The molecular weight excluding hydrogens is 352 g/mol. The van der Waals surface area contributed by atoms with Crippen LogP contribution in [0.15, 0.2) is 18.2 Å². The number of rotatable bonds is 4. The molecule has 1 aromatic rings. The summed E-state index contributed by atoms with van der Waals surface area (Å²) >= 11 is 5.96. The van der Waals surface area contributed by atoms with Crippen LogP contribution in [0.25, 0.3) is 0 Å². The summed E-state index contributed by atoms with van der Waals surface area (Å²) in [6.45, 7) is 1.23. The van der Waals surface area contributed by atoms with Gasteiger partial charge in [0.25, 0.3) is 12.1 Å². The van der Waals surface area contributed by atoms with E-state index in [2.05, 4.69) is 0 Å². The van der Waals surface area contributed by atoms with Gasteiger partial charge in [-0.1, -0.05) is 11.6 Å². The van der Waals surface area contributed by atoms with Gasteiger partial charge in [0.2, 0.25) is 0 Å². The summed E-state index contributed by atoms with van der Waals surface area (Å²) in [7, 11) is 1.53. The van der Waals surface area contributed by atoms with Crippen LogP contribution in [0.4, 0.5) is 17.6 Å². The molecule has 1 saturated heterocycles. The molecule has 2 rings (SSSR count). The summed E-state index contributed by atoms with van der Waals surface area (Å²) < 4.78 is 55.2. The lowest BCUT2D eigenvalue weighted by Crippen LogP contribution is -2.52. The van der Waals surface area contributed by atoms with E-state index in [9.17, 15) is 22.4 Å². The molecule has 0 N–H and O–H groups in total. The highest BCUT2D eigenvalue weighted by molar-refractivity contribution is 6.30. The monoisotopic (exact) mass is 368 g/mol. The van der Waals surface area contributed by atoms with Gasteiger partial charge in [0.05, 0.1) is 7.11 Å². The van der Waals surface area contributed by atoms with Crippen LogP contribution < -0.4 is 4.74 Å². The first-order valence-electron chi connectivity index (χ1n) is 7.26. The Morgan fingerprint density at radius 2 is 1.92 bits per heavy atom. The van der Waals surface area contributed by atoms with E-state index < -0.39 is 18.3 Å². The quantitative estimate of drug-likeness (QED) is 0.766. The van der Waals surface area contributed by atoms with Crippen molar-refractivity contribution in [2.45, 2.75) is 18.9 Å². The highest BCUT2D eigenvalue weighted by Crippen LogP contribution is 2.26. The maximum absolute atomic E-state index is 13.1. The average Bonchev–Trinajstić information content (AvgIpc) is 2.53. The van der Waals surface area contributed by atoms with E-state index in [0.29, 0.717) is 30.4 Å². The van der Waals surface area contributed by atoms with Crippen LogP contribution >= 0.6 is 11.6 Å². The fraction of sp³-hybridized carbons (Fsp3) is 0.533. The van der Waals surface area contributed by atoms with Crippen LogP contribution in [0.2, 0.25) is 5.02 Å². The Morgan fingerprint density at radius 1 is 1.29 bits per heavy atom. The van der Waals surface area contributed by atoms with Crippen molar-refractivity contribution >= 4 is 17.5 Å². The number of carbonyl (C=O) groups excluding carboxylic acids is 1. The second kappa shape index (κ2) is 7.57. The Labute approximate surface area is 141 Å². The van der Waals surface area contributed by atoms with Crippen molar-refractivity contribution in [1.29, 1.82) is 0 Å². The zero-order valence-corrected chi connectivity index (χ0v) is 13.7. The van der Waals surface area contributed by atoms with E-state index in [1.807, 2.05) is 4.90 Å². The van der Waals surface area contributed by atoms with E-state index >= 15 is 0 Å². The second-order valence-electron chi connectivity index (χ2n) is 5.46. The van der Waals surface area contributed by atoms with Gasteiger partial charge < -0.3 is 9.64 Å². The highest BCUT2D eigenvalue weighted by Gasteiger charge is 2.47. The van der Waals surface area contributed by atoms with Crippen molar-refractivity contribution < 1.29 is 27.1 Å². The number of ether oxygens (including phenoxy) is 1. The van der Waals surface area contributed by atoms with Crippen molar-refractivity contribution in [3.8, 4) is 5.75 Å². The number of benzene rings is 1. The first-order chi connectivity index (χ1) is 11.2. The van der Waals surface area contributed by atoms with E-state index in [1.54, 1.807) is 18.2 Å². The van der Waals surface area contributed by atoms with Crippen molar-refractivity contribution in [1.82, 2.24) is 9.80 Å². The molecule has 0 spiro atoms. The molecular formula is C15H17ClF4N2O2. The minimum absolute atomic E-state index is 0.0399. The molecule has 0 aromatic heterocycles. The smallest absolute Gasteiger partial charge is 0.428 e. The number of halogens is 5. The standard InChI is InChI=1S/C15H17ClF4N2O2/c1-24-12-3-2-11(16)8-10(12)9-21-4-6-22(7-5-21)14(23)13(17)15(18,19)20/h2-3,8,13H,4-7,9H2,1H3/t13-/m0/s1. The van der Waals surface area contributed by atoms with Crippen LogP contribution in [-0.2, 0) is 11.3 Å². The molecule has 0 unspecified atom stereocenters. The summed E-state index contributed by atoms with van der Waals surface area (Å²) in [5.74, 6) is -0.874. The molecule has 0 bridgehead atoms. The van der Waals surface area contributed by atoms with Crippen LogP contribution in [0.1, 0.15) is 5.56 Å². The molecule has 134 valence electrons. The largest absolute Gasteiger partial charge is 0.496 e. The third kappa shape index (κ3) is 4.51. The number of hydrogen-bond acceptors (Lipinski definition) is 3. The third-order valence-electron chi connectivity index (χ3n) is 3.82. The Balaban J connectivity index is 1.94. The molecule has 1 fully saturated rings. The maximum atomic E-state index is 13.1. The lowest BCUT2D eigenvalue weighted by atomic mass is 10.1. The summed E-state index contributed by atoms with van der Waals surface area (Å²) in [6, 6.07) is 5.17. The van der Waals surface area contributed by atoms with Gasteiger partial charge in [-0.2, -0.15) is 13.2 Å². The summed E-state index contributed by atoms with van der Waals surface area (Å²) in [5, 5.41) is 0.546. The highest BCUT2D eigenvalue weighted by atomic mass is 35.5. The van der Waals surface area contributed by atoms with Gasteiger partial charge >= 0.3 is 6.18 Å². The first-order valence-corrected chi connectivity index (χ1v) is 7.64. The number of nitrogens with zero attached hydrogens (tertiary/aromatic N) is 2. The van der Waals surface area contributed by atoms with Crippen LogP contribution in [0, 0.1) is 0 Å². The van der Waals surface area contributed by atoms with Crippen molar-refractivity contribution in [2.75, 3.05) is 33.3 Å².